The molecular formula is C16H27NO3S. The van der Waals surface area contributed by atoms with E-state index in [1.54, 1.807) is 18.0 Å². The summed E-state index contributed by atoms with van der Waals surface area (Å²) in [6.07, 6.45) is 5.58. The first-order chi connectivity index (χ1) is 10.0. The third-order valence-corrected chi connectivity index (χ3v) is 4.77. The molecule has 0 aliphatic carbocycles. The summed E-state index contributed by atoms with van der Waals surface area (Å²) in [5, 5.41) is 3.31. The second kappa shape index (κ2) is 9.15. The van der Waals surface area contributed by atoms with Crippen LogP contribution in [0, 0.1) is 6.92 Å². The minimum absolute atomic E-state index is 0.172. The van der Waals surface area contributed by atoms with Gasteiger partial charge in [0.25, 0.3) is 0 Å². The maximum Gasteiger partial charge on any atom is 0.325 e. The number of methoxy groups -OCH3 is 1. The molecule has 0 saturated carbocycles. The molecule has 1 heterocycles. The molecule has 0 bridgehead atoms. The second-order valence-electron chi connectivity index (χ2n) is 5.40. The smallest absolute Gasteiger partial charge is 0.325 e. The van der Waals surface area contributed by atoms with Crippen LogP contribution in [0.25, 0.3) is 0 Å². The fraction of sp³-hybridized carbons (Fsp3) is 0.688. The van der Waals surface area contributed by atoms with Crippen LogP contribution in [0.3, 0.4) is 0 Å². The number of rotatable bonds is 10. The Bertz CT molecular complexity index is 433. The summed E-state index contributed by atoms with van der Waals surface area (Å²) in [7, 11) is 1.45. The Labute approximate surface area is 132 Å². The van der Waals surface area contributed by atoms with E-state index < -0.39 is 5.54 Å². The molecule has 1 atom stereocenters. The number of aryl methyl sites for hydroxylation is 1. The number of hydrogen-bond donors (Lipinski definition) is 1. The highest BCUT2D eigenvalue weighted by atomic mass is 32.2. The zero-order valence-corrected chi connectivity index (χ0v) is 14.3. The quantitative estimate of drug-likeness (QED) is 0.405. The molecule has 1 aromatic rings. The van der Waals surface area contributed by atoms with Crippen molar-refractivity contribution in [1.29, 1.82) is 0 Å². The van der Waals surface area contributed by atoms with E-state index in [0.717, 1.165) is 43.7 Å². The van der Waals surface area contributed by atoms with E-state index in [1.807, 2.05) is 19.9 Å². The van der Waals surface area contributed by atoms with Gasteiger partial charge in [-0.05, 0) is 51.5 Å². The van der Waals surface area contributed by atoms with Gasteiger partial charge in [-0.2, -0.15) is 0 Å². The van der Waals surface area contributed by atoms with Gasteiger partial charge in [-0.15, -0.1) is 11.8 Å². The summed E-state index contributed by atoms with van der Waals surface area (Å²) in [6, 6.07) is 2.00. The van der Waals surface area contributed by atoms with Crippen LogP contribution < -0.4 is 5.32 Å². The van der Waals surface area contributed by atoms with Gasteiger partial charge in [0, 0.05) is 4.90 Å². The topological polar surface area (TPSA) is 51.5 Å². The van der Waals surface area contributed by atoms with Crippen molar-refractivity contribution in [2.24, 2.45) is 0 Å². The van der Waals surface area contributed by atoms with Crippen LogP contribution in [0.5, 0.6) is 0 Å². The lowest BCUT2D eigenvalue weighted by Gasteiger charge is -2.28. The monoisotopic (exact) mass is 313 g/mol. The van der Waals surface area contributed by atoms with Crippen LogP contribution >= 0.6 is 11.8 Å². The number of thioether (sulfide) groups is 1. The molecule has 0 aromatic carbocycles. The zero-order valence-electron chi connectivity index (χ0n) is 13.5. The molecule has 120 valence electrons. The first kappa shape index (κ1) is 18.1. The van der Waals surface area contributed by atoms with Gasteiger partial charge in [-0.1, -0.05) is 13.3 Å². The molecule has 1 unspecified atom stereocenters. The van der Waals surface area contributed by atoms with E-state index in [-0.39, 0.29) is 5.97 Å². The van der Waals surface area contributed by atoms with Crippen LogP contribution in [0.4, 0.5) is 0 Å². The Balaban J connectivity index is 2.33. The van der Waals surface area contributed by atoms with Crippen LogP contribution in [0.2, 0.25) is 0 Å². The van der Waals surface area contributed by atoms with Crippen molar-refractivity contribution in [3.05, 3.63) is 18.1 Å². The molecule has 21 heavy (non-hydrogen) atoms. The largest absolute Gasteiger partial charge is 0.468 e. The first-order valence-corrected chi connectivity index (χ1v) is 8.52. The van der Waals surface area contributed by atoms with Gasteiger partial charge in [0.2, 0.25) is 0 Å². The normalized spacial score (nSPS) is 13.9. The van der Waals surface area contributed by atoms with E-state index in [1.165, 1.54) is 12.0 Å². The Kier molecular flexibility index (Phi) is 7.89. The lowest BCUT2D eigenvalue weighted by Crippen LogP contribution is -2.50. The number of furan rings is 1. The predicted molar refractivity (Wildman–Crippen MR) is 86.7 cm³/mol. The van der Waals surface area contributed by atoms with Gasteiger partial charge in [0.15, 0.2) is 0 Å². The summed E-state index contributed by atoms with van der Waals surface area (Å²) in [6.45, 7) is 6.83. The Morgan fingerprint density at radius 2 is 2.24 bits per heavy atom. The van der Waals surface area contributed by atoms with Crippen LogP contribution in [0.15, 0.2) is 21.6 Å². The van der Waals surface area contributed by atoms with Gasteiger partial charge in [-0.3, -0.25) is 4.79 Å². The van der Waals surface area contributed by atoms with Gasteiger partial charge >= 0.3 is 5.97 Å². The molecule has 0 radical (unpaired) electrons. The predicted octanol–water partition coefficient (Wildman–Crippen LogP) is 3.78. The van der Waals surface area contributed by atoms with Crippen molar-refractivity contribution in [2.45, 2.75) is 56.9 Å². The standard InChI is InChI=1S/C16H27NO3S/c1-5-10-17-16(3,15(18)19-4)9-6-7-12-21-14-8-11-20-13(14)2/h8,11,17H,5-7,9-10,12H2,1-4H3. The molecule has 0 aliphatic heterocycles. The molecule has 5 heteroatoms. The SMILES string of the molecule is CCCNC(C)(CCCCSc1ccoc1C)C(=O)OC. The van der Waals surface area contributed by atoms with Crippen LogP contribution in [-0.2, 0) is 9.53 Å². The maximum atomic E-state index is 11.9. The molecule has 0 amide bonds. The summed E-state index contributed by atoms with van der Waals surface area (Å²) >= 11 is 1.81. The Morgan fingerprint density at radius 3 is 2.81 bits per heavy atom. The summed E-state index contributed by atoms with van der Waals surface area (Å²) in [5.41, 5.74) is -0.568. The first-order valence-electron chi connectivity index (χ1n) is 7.54. The molecule has 1 rings (SSSR count). The van der Waals surface area contributed by atoms with Gasteiger partial charge in [0.05, 0.1) is 13.4 Å². The molecule has 1 N–H and O–H groups in total. The highest BCUT2D eigenvalue weighted by Gasteiger charge is 2.32. The Hall–Kier alpha value is -0.940. The summed E-state index contributed by atoms with van der Waals surface area (Å²) in [5.74, 6) is 1.84. The number of esters is 1. The van der Waals surface area contributed by atoms with Crippen molar-refractivity contribution in [3.63, 3.8) is 0 Å². The molecule has 0 fully saturated rings. The molecule has 1 aromatic heterocycles. The van der Waals surface area contributed by atoms with E-state index in [9.17, 15) is 4.79 Å². The zero-order chi connectivity index (χ0) is 15.7. The van der Waals surface area contributed by atoms with Crippen molar-refractivity contribution < 1.29 is 13.9 Å². The third kappa shape index (κ3) is 5.75. The Morgan fingerprint density at radius 1 is 1.48 bits per heavy atom. The number of carbonyl (C=O) groups excluding carboxylic acids is 1. The lowest BCUT2D eigenvalue weighted by atomic mass is 9.95. The molecular weight excluding hydrogens is 286 g/mol. The summed E-state index contributed by atoms with van der Waals surface area (Å²) in [4.78, 5) is 13.1. The maximum absolute atomic E-state index is 11.9. The average molecular weight is 313 g/mol. The third-order valence-electron chi connectivity index (χ3n) is 3.54. The average Bonchev–Trinajstić information content (AvgIpc) is 2.89. The number of hydrogen-bond acceptors (Lipinski definition) is 5. The van der Waals surface area contributed by atoms with Gasteiger partial charge < -0.3 is 14.5 Å². The van der Waals surface area contributed by atoms with E-state index in [4.69, 9.17) is 9.15 Å². The van der Waals surface area contributed by atoms with E-state index in [2.05, 4.69) is 12.2 Å². The molecule has 0 spiro atoms. The highest BCUT2D eigenvalue weighted by molar-refractivity contribution is 7.99. The van der Waals surface area contributed by atoms with Crippen LogP contribution in [-0.4, -0.2) is 30.9 Å². The minimum atomic E-state index is -0.568. The number of nitrogens with one attached hydrogen (secondary N) is 1. The van der Waals surface area contributed by atoms with Gasteiger partial charge in [-0.25, -0.2) is 0 Å². The molecule has 4 nitrogen and oxygen atoms in total. The number of unbranched alkanes of at least 4 members (excludes halogenated alkanes) is 1. The lowest BCUT2D eigenvalue weighted by molar-refractivity contribution is -0.148. The summed E-state index contributed by atoms with van der Waals surface area (Å²) < 4.78 is 10.2. The van der Waals surface area contributed by atoms with Crippen molar-refractivity contribution in [3.8, 4) is 0 Å². The van der Waals surface area contributed by atoms with Gasteiger partial charge in [0.1, 0.15) is 11.3 Å². The fourth-order valence-electron chi connectivity index (χ4n) is 2.17. The van der Waals surface area contributed by atoms with E-state index in [0.29, 0.717) is 0 Å². The van der Waals surface area contributed by atoms with Crippen molar-refractivity contribution in [2.75, 3.05) is 19.4 Å². The fourth-order valence-corrected chi connectivity index (χ4v) is 3.15. The molecule has 0 aliphatic rings. The second-order valence-corrected chi connectivity index (χ2v) is 6.53. The van der Waals surface area contributed by atoms with E-state index >= 15 is 0 Å². The number of ether oxygens (including phenoxy) is 1. The number of carbonyl (C=O) groups is 1. The molecule has 0 saturated heterocycles. The van der Waals surface area contributed by atoms with Crippen molar-refractivity contribution in [1.82, 2.24) is 5.32 Å². The van der Waals surface area contributed by atoms with Crippen LogP contribution in [0.1, 0.15) is 45.3 Å². The highest BCUT2D eigenvalue weighted by Crippen LogP contribution is 2.25. The van der Waals surface area contributed by atoms with Crippen molar-refractivity contribution >= 4 is 17.7 Å². The minimum Gasteiger partial charge on any atom is -0.468 e.